The molecule has 1 aliphatic rings. The molecule has 1 aromatic rings. The zero-order chi connectivity index (χ0) is 12.8. The van der Waals surface area contributed by atoms with E-state index in [9.17, 15) is 4.39 Å². The third-order valence-electron chi connectivity index (χ3n) is 3.60. The minimum absolute atomic E-state index is 0.128. The van der Waals surface area contributed by atoms with Crippen molar-refractivity contribution < 1.29 is 4.39 Å². The molecule has 1 aliphatic heterocycles. The Kier molecular flexibility index (Phi) is 5.14. The first-order valence-electron chi connectivity index (χ1n) is 6.98. The molecule has 3 heteroatoms. The minimum Gasteiger partial charge on any atom is -0.313 e. The second kappa shape index (κ2) is 6.86. The normalized spacial score (nSPS) is 21.1. The van der Waals surface area contributed by atoms with Crippen LogP contribution >= 0.6 is 0 Å². The van der Waals surface area contributed by atoms with E-state index in [0.29, 0.717) is 6.04 Å². The van der Waals surface area contributed by atoms with Crippen LogP contribution in [0.4, 0.5) is 4.39 Å². The molecule has 1 fully saturated rings. The summed E-state index contributed by atoms with van der Waals surface area (Å²) in [6.45, 7) is 6.54. The van der Waals surface area contributed by atoms with Gasteiger partial charge in [0, 0.05) is 19.1 Å². The standard InChI is InChI=1S/C15H23FN2/c1-2-17-15-7-4-9-18(12-15)10-8-13-5-3-6-14(16)11-13/h3,5-6,11,15,17H,2,4,7-10,12H2,1H3. The lowest BCUT2D eigenvalue weighted by molar-refractivity contribution is 0.194. The number of benzene rings is 1. The summed E-state index contributed by atoms with van der Waals surface area (Å²) in [6, 6.07) is 7.59. The molecule has 1 heterocycles. The van der Waals surface area contributed by atoms with Crippen LogP contribution in [0.15, 0.2) is 24.3 Å². The molecule has 0 spiro atoms. The van der Waals surface area contributed by atoms with Gasteiger partial charge in [-0.3, -0.25) is 0 Å². The van der Waals surface area contributed by atoms with Gasteiger partial charge in [-0.25, -0.2) is 4.39 Å². The highest BCUT2D eigenvalue weighted by Gasteiger charge is 2.18. The molecule has 0 saturated carbocycles. The Bertz CT molecular complexity index is 365. The molecule has 0 aromatic heterocycles. The molecule has 2 rings (SSSR count). The third-order valence-corrected chi connectivity index (χ3v) is 3.60. The molecule has 0 bridgehead atoms. The Labute approximate surface area is 109 Å². The summed E-state index contributed by atoms with van der Waals surface area (Å²) in [4.78, 5) is 2.49. The minimum atomic E-state index is -0.128. The van der Waals surface area contributed by atoms with Crippen LogP contribution in [-0.4, -0.2) is 37.1 Å². The van der Waals surface area contributed by atoms with Crippen molar-refractivity contribution in [3.05, 3.63) is 35.6 Å². The summed E-state index contributed by atoms with van der Waals surface area (Å²) in [5.74, 6) is -0.128. The second-order valence-corrected chi connectivity index (χ2v) is 5.08. The van der Waals surface area contributed by atoms with E-state index in [2.05, 4.69) is 17.1 Å². The Morgan fingerprint density at radius 2 is 2.33 bits per heavy atom. The van der Waals surface area contributed by atoms with Crippen LogP contribution in [0.1, 0.15) is 25.3 Å². The van der Waals surface area contributed by atoms with Crippen LogP contribution in [0.3, 0.4) is 0 Å². The fourth-order valence-electron chi connectivity index (χ4n) is 2.69. The summed E-state index contributed by atoms with van der Waals surface area (Å²) < 4.78 is 13.1. The quantitative estimate of drug-likeness (QED) is 0.863. The van der Waals surface area contributed by atoms with Crippen molar-refractivity contribution in [3.8, 4) is 0 Å². The molecule has 0 amide bonds. The van der Waals surface area contributed by atoms with E-state index in [1.807, 2.05) is 6.07 Å². The first kappa shape index (κ1) is 13.5. The number of likely N-dealkylation sites (tertiary alicyclic amines) is 1. The van der Waals surface area contributed by atoms with Gasteiger partial charge in [-0.05, 0) is 50.0 Å². The molecule has 1 atom stereocenters. The second-order valence-electron chi connectivity index (χ2n) is 5.08. The summed E-state index contributed by atoms with van der Waals surface area (Å²) in [5, 5.41) is 3.52. The van der Waals surface area contributed by atoms with Gasteiger partial charge in [-0.15, -0.1) is 0 Å². The highest BCUT2D eigenvalue weighted by atomic mass is 19.1. The number of nitrogens with one attached hydrogen (secondary N) is 1. The summed E-state index contributed by atoms with van der Waals surface area (Å²) in [7, 11) is 0. The van der Waals surface area contributed by atoms with Crippen molar-refractivity contribution in [2.75, 3.05) is 26.2 Å². The van der Waals surface area contributed by atoms with Gasteiger partial charge in [0.15, 0.2) is 0 Å². The Hall–Kier alpha value is -0.930. The summed E-state index contributed by atoms with van der Waals surface area (Å²) in [6.07, 6.45) is 3.49. The lowest BCUT2D eigenvalue weighted by Gasteiger charge is -2.33. The lowest BCUT2D eigenvalue weighted by atomic mass is 10.0. The maximum Gasteiger partial charge on any atom is 0.123 e. The number of hydrogen-bond donors (Lipinski definition) is 1. The summed E-state index contributed by atoms with van der Waals surface area (Å²) >= 11 is 0. The molecule has 100 valence electrons. The van der Waals surface area contributed by atoms with Crippen molar-refractivity contribution in [1.29, 1.82) is 0 Å². The molecule has 1 aromatic carbocycles. The number of likely N-dealkylation sites (N-methyl/N-ethyl adjacent to an activating group) is 1. The van der Waals surface area contributed by atoms with Crippen LogP contribution in [0.5, 0.6) is 0 Å². The van der Waals surface area contributed by atoms with Crippen molar-refractivity contribution >= 4 is 0 Å². The predicted molar refractivity (Wildman–Crippen MR) is 73.2 cm³/mol. The van der Waals surface area contributed by atoms with E-state index in [4.69, 9.17) is 0 Å². The van der Waals surface area contributed by atoms with Crippen LogP contribution in [0, 0.1) is 5.82 Å². The van der Waals surface area contributed by atoms with E-state index < -0.39 is 0 Å². The summed E-state index contributed by atoms with van der Waals surface area (Å²) in [5.41, 5.74) is 1.10. The van der Waals surface area contributed by atoms with Gasteiger partial charge in [-0.1, -0.05) is 19.1 Å². The number of rotatable bonds is 5. The fourth-order valence-corrected chi connectivity index (χ4v) is 2.69. The van der Waals surface area contributed by atoms with E-state index >= 15 is 0 Å². The van der Waals surface area contributed by atoms with Gasteiger partial charge < -0.3 is 10.2 Å². The number of piperidine rings is 1. The molecule has 2 nitrogen and oxygen atoms in total. The number of hydrogen-bond acceptors (Lipinski definition) is 2. The topological polar surface area (TPSA) is 15.3 Å². The third kappa shape index (κ3) is 4.07. The zero-order valence-electron chi connectivity index (χ0n) is 11.2. The van der Waals surface area contributed by atoms with E-state index in [0.717, 1.165) is 31.6 Å². The van der Waals surface area contributed by atoms with E-state index in [1.165, 1.54) is 25.5 Å². The van der Waals surface area contributed by atoms with Gasteiger partial charge in [0.25, 0.3) is 0 Å². The number of halogens is 1. The van der Waals surface area contributed by atoms with Crippen LogP contribution < -0.4 is 5.32 Å². The van der Waals surface area contributed by atoms with Crippen molar-refractivity contribution in [3.63, 3.8) is 0 Å². The average Bonchev–Trinajstić information content (AvgIpc) is 2.37. The predicted octanol–water partition coefficient (Wildman–Crippen LogP) is 2.44. The molecular weight excluding hydrogens is 227 g/mol. The SMILES string of the molecule is CCNC1CCCN(CCc2cccc(F)c2)C1. The fraction of sp³-hybridized carbons (Fsp3) is 0.600. The van der Waals surface area contributed by atoms with Crippen molar-refractivity contribution in [2.45, 2.75) is 32.2 Å². The Morgan fingerprint density at radius 1 is 1.44 bits per heavy atom. The maximum absolute atomic E-state index is 13.1. The number of nitrogens with zero attached hydrogens (tertiary/aromatic N) is 1. The largest absolute Gasteiger partial charge is 0.313 e. The van der Waals surface area contributed by atoms with Crippen molar-refractivity contribution in [2.24, 2.45) is 0 Å². The molecule has 18 heavy (non-hydrogen) atoms. The molecule has 0 radical (unpaired) electrons. The maximum atomic E-state index is 13.1. The average molecular weight is 250 g/mol. The monoisotopic (exact) mass is 250 g/mol. The Morgan fingerprint density at radius 3 is 3.11 bits per heavy atom. The first-order valence-corrected chi connectivity index (χ1v) is 6.98. The smallest absolute Gasteiger partial charge is 0.123 e. The molecule has 1 unspecified atom stereocenters. The molecule has 0 aliphatic carbocycles. The van der Waals surface area contributed by atoms with Gasteiger partial charge in [0.1, 0.15) is 5.82 Å². The van der Waals surface area contributed by atoms with Gasteiger partial charge in [-0.2, -0.15) is 0 Å². The van der Waals surface area contributed by atoms with E-state index in [-0.39, 0.29) is 5.82 Å². The van der Waals surface area contributed by atoms with E-state index in [1.54, 1.807) is 12.1 Å². The van der Waals surface area contributed by atoms with Gasteiger partial charge in [0.05, 0.1) is 0 Å². The van der Waals surface area contributed by atoms with Crippen molar-refractivity contribution in [1.82, 2.24) is 10.2 Å². The van der Waals surface area contributed by atoms with Gasteiger partial charge >= 0.3 is 0 Å². The van der Waals surface area contributed by atoms with Crippen LogP contribution in [-0.2, 0) is 6.42 Å². The zero-order valence-corrected chi connectivity index (χ0v) is 11.2. The van der Waals surface area contributed by atoms with Gasteiger partial charge in [0.2, 0.25) is 0 Å². The molecule has 1 saturated heterocycles. The Balaban J connectivity index is 1.79. The van der Waals surface area contributed by atoms with Crippen LogP contribution in [0.25, 0.3) is 0 Å². The van der Waals surface area contributed by atoms with Crippen LogP contribution in [0.2, 0.25) is 0 Å². The lowest BCUT2D eigenvalue weighted by Crippen LogP contribution is -2.46. The highest BCUT2D eigenvalue weighted by Crippen LogP contribution is 2.11. The molecular formula is C15H23FN2. The first-order chi connectivity index (χ1) is 8.78. The highest BCUT2D eigenvalue weighted by molar-refractivity contribution is 5.16. The molecule has 1 N–H and O–H groups in total.